The summed E-state index contributed by atoms with van der Waals surface area (Å²) in [5.74, 6) is 0.0431. The zero-order chi connectivity index (χ0) is 15.4. The summed E-state index contributed by atoms with van der Waals surface area (Å²) in [5.41, 5.74) is 2.99. The number of thiazole rings is 1. The maximum absolute atomic E-state index is 11.9. The predicted molar refractivity (Wildman–Crippen MR) is 93.8 cm³/mol. The van der Waals surface area contributed by atoms with Crippen LogP contribution in [-0.4, -0.2) is 22.4 Å². The van der Waals surface area contributed by atoms with Gasteiger partial charge in [0.25, 0.3) is 0 Å². The van der Waals surface area contributed by atoms with Gasteiger partial charge in [-0.05, 0) is 50.8 Å². The minimum atomic E-state index is -0.0447. The lowest BCUT2D eigenvalue weighted by Gasteiger charge is -2.12. The van der Waals surface area contributed by atoms with Gasteiger partial charge in [-0.2, -0.15) is 11.8 Å². The van der Waals surface area contributed by atoms with E-state index in [-0.39, 0.29) is 11.2 Å². The summed E-state index contributed by atoms with van der Waals surface area (Å²) < 4.78 is 1.04. The van der Waals surface area contributed by atoms with Crippen molar-refractivity contribution in [2.24, 2.45) is 0 Å². The summed E-state index contributed by atoms with van der Waals surface area (Å²) in [6.07, 6.45) is 1.94. The highest BCUT2D eigenvalue weighted by Gasteiger charge is 2.12. The molecule has 21 heavy (non-hydrogen) atoms. The number of carbonyl (C=O) groups excluding carboxylic acids is 1. The Morgan fingerprint density at radius 1 is 1.38 bits per heavy atom. The molecule has 2 rings (SSSR count). The van der Waals surface area contributed by atoms with Crippen molar-refractivity contribution in [2.45, 2.75) is 35.3 Å². The normalized spacial score (nSPS) is 12.2. The van der Waals surface area contributed by atoms with E-state index >= 15 is 0 Å². The molecule has 0 spiro atoms. The minimum absolute atomic E-state index is 0.0431. The van der Waals surface area contributed by atoms with E-state index in [1.165, 1.54) is 0 Å². The Hall–Kier alpha value is -0.980. The van der Waals surface area contributed by atoms with Crippen LogP contribution in [0.2, 0.25) is 0 Å². The molecule has 0 aliphatic rings. The van der Waals surface area contributed by atoms with Gasteiger partial charge in [-0.15, -0.1) is 11.3 Å². The lowest BCUT2D eigenvalue weighted by molar-refractivity contribution is -0.115. The first kappa shape index (κ1) is 16.4. The molecule has 0 saturated carbocycles. The maximum atomic E-state index is 11.9. The Labute approximate surface area is 137 Å². The average molecular weight is 339 g/mol. The molecule has 1 aromatic carbocycles. The number of hydrogen-bond acceptors (Lipinski definition) is 5. The zero-order valence-electron chi connectivity index (χ0n) is 12.5. The SMILES string of the molecule is CSC(C)C(=O)Nc1ccc(Sc2nc(C)cs2)cc1C. The number of rotatable bonds is 5. The van der Waals surface area contributed by atoms with E-state index < -0.39 is 0 Å². The topological polar surface area (TPSA) is 42.0 Å². The van der Waals surface area contributed by atoms with Crippen LogP contribution in [0.25, 0.3) is 0 Å². The van der Waals surface area contributed by atoms with E-state index in [0.717, 1.165) is 26.2 Å². The smallest absolute Gasteiger partial charge is 0.237 e. The number of benzene rings is 1. The maximum Gasteiger partial charge on any atom is 0.237 e. The zero-order valence-corrected chi connectivity index (χ0v) is 14.9. The molecule has 0 aliphatic carbocycles. The van der Waals surface area contributed by atoms with Crippen LogP contribution in [0.15, 0.2) is 32.8 Å². The second-order valence-corrected chi connectivity index (χ2v) is 8.06. The molecule has 1 unspecified atom stereocenters. The molecule has 1 atom stereocenters. The molecule has 1 N–H and O–H groups in total. The number of hydrogen-bond donors (Lipinski definition) is 1. The van der Waals surface area contributed by atoms with Gasteiger partial charge in [0, 0.05) is 21.7 Å². The first-order chi connectivity index (χ1) is 9.99. The molecular formula is C15H18N2OS3. The molecule has 0 bridgehead atoms. The summed E-state index contributed by atoms with van der Waals surface area (Å²) in [6.45, 7) is 5.91. The summed E-state index contributed by atoms with van der Waals surface area (Å²) in [7, 11) is 0. The molecule has 0 radical (unpaired) electrons. The van der Waals surface area contributed by atoms with Gasteiger partial charge in [0.15, 0.2) is 4.34 Å². The summed E-state index contributed by atoms with van der Waals surface area (Å²) >= 11 is 4.85. The van der Waals surface area contributed by atoms with Gasteiger partial charge in [0.1, 0.15) is 0 Å². The minimum Gasteiger partial charge on any atom is -0.325 e. The molecule has 0 saturated heterocycles. The van der Waals surface area contributed by atoms with Gasteiger partial charge >= 0.3 is 0 Å². The second-order valence-electron chi connectivity index (χ2n) is 4.70. The van der Waals surface area contributed by atoms with Crippen molar-refractivity contribution >= 4 is 46.5 Å². The van der Waals surface area contributed by atoms with Crippen molar-refractivity contribution < 1.29 is 4.79 Å². The third-order valence-electron chi connectivity index (χ3n) is 2.98. The van der Waals surface area contributed by atoms with Crippen molar-refractivity contribution in [1.82, 2.24) is 4.98 Å². The fourth-order valence-electron chi connectivity index (χ4n) is 1.66. The van der Waals surface area contributed by atoms with Crippen molar-refractivity contribution in [3.8, 4) is 0 Å². The molecule has 1 amide bonds. The van der Waals surface area contributed by atoms with Crippen LogP contribution in [0.1, 0.15) is 18.2 Å². The molecule has 6 heteroatoms. The number of aryl methyl sites for hydroxylation is 2. The van der Waals surface area contributed by atoms with Crippen LogP contribution < -0.4 is 5.32 Å². The molecular weight excluding hydrogens is 320 g/mol. The Morgan fingerprint density at radius 3 is 2.71 bits per heavy atom. The van der Waals surface area contributed by atoms with Crippen molar-refractivity contribution in [3.05, 3.63) is 34.8 Å². The summed E-state index contributed by atoms with van der Waals surface area (Å²) in [5, 5.41) is 4.98. The van der Waals surface area contributed by atoms with E-state index in [4.69, 9.17) is 0 Å². The van der Waals surface area contributed by atoms with Crippen molar-refractivity contribution in [3.63, 3.8) is 0 Å². The number of aromatic nitrogens is 1. The Bertz CT molecular complexity index is 640. The second kappa shape index (κ2) is 7.33. The third kappa shape index (κ3) is 4.49. The number of amides is 1. The van der Waals surface area contributed by atoms with E-state index in [0.29, 0.717) is 0 Å². The fraction of sp³-hybridized carbons (Fsp3) is 0.333. The van der Waals surface area contributed by atoms with Gasteiger partial charge in [-0.1, -0.05) is 11.8 Å². The monoisotopic (exact) mass is 338 g/mol. The number of carbonyl (C=O) groups is 1. The first-order valence-electron chi connectivity index (χ1n) is 6.54. The molecule has 3 nitrogen and oxygen atoms in total. The van der Waals surface area contributed by atoms with E-state index in [2.05, 4.69) is 16.4 Å². The lowest BCUT2D eigenvalue weighted by atomic mass is 10.2. The number of thioether (sulfide) groups is 1. The highest BCUT2D eigenvalue weighted by molar-refractivity contribution is 8.01. The average Bonchev–Trinajstić information content (AvgIpc) is 2.86. The van der Waals surface area contributed by atoms with E-state index in [9.17, 15) is 4.79 Å². The molecule has 0 fully saturated rings. The van der Waals surface area contributed by atoms with Gasteiger partial charge in [0.2, 0.25) is 5.91 Å². The van der Waals surface area contributed by atoms with Gasteiger partial charge in [-0.3, -0.25) is 4.79 Å². The van der Waals surface area contributed by atoms with E-state index in [1.807, 2.05) is 44.5 Å². The Balaban J connectivity index is 2.08. The largest absolute Gasteiger partial charge is 0.325 e. The van der Waals surface area contributed by atoms with Crippen LogP contribution in [0.4, 0.5) is 5.69 Å². The summed E-state index contributed by atoms with van der Waals surface area (Å²) in [4.78, 5) is 17.5. The van der Waals surface area contributed by atoms with E-state index in [1.54, 1.807) is 34.9 Å². The third-order valence-corrected chi connectivity index (χ3v) is 5.95. The molecule has 2 aromatic rings. The molecule has 0 aliphatic heterocycles. The quantitative estimate of drug-likeness (QED) is 0.865. The predicted octanol–water partition coefficient (Wildman–Crippen LogP) is 4.60. The molecule has 112 valence electrons. The molecule has 1 aromatic heterocycles. The van der Waals surface area contributed by atoms with Gasteiger partial charge < -0.3 is 5.32 Å². The number of nitrogens with one attached hydrogen (secondary N) is 1. The standard InChI is InChI=1S/C15H18N2OS3/c1-9-7-12(21-15-16-10(2)8-20-15)5-6-13(9)17-14(18)11(3)19-4/h5-8,11H,1-4H3,(H,17,18). The highest BCUT2D eigenvalue weighted by Crippen LogP contribution is 2.32. The summed E-state index contributed by atoms with van der Waals surface area (Å²) in [6, 6.07) is 6.07. The number of nitrogens with zero attached hydrogens (tertiary/aromatic N) is 1. The number of anilines is 1. The van der Waals surface area contributed by atoms with Crippen LogP contribution in [0.5, 0.6) is 0 Å². The van der Waals surface area contributed by atoms with Crippen LogP contribution in [0, 0.1) is 13.8 Å². The van der Waals surface area contributed by atoms with Crippen LogP contribution in [0.3, 0.4) is 0 Å². The van der Waals surface area contributed by atoms with Crippen LogP contribution >= 0.6 is 34.9 Å². The van der Waals surface area contributed by atoms with Crippen molar-refractivity contribution in [1.29, 1.82) is 0 Å². The Kier molecular flexibility index (Phi) is 5.72. The fourth-order valence-corrected chi connectivity index (χ4v) is 3.84. The van der Waals surface area contributed by atoms with Gasteiger partial charge in [-0.25, -0.2) is 4.98 Å². The molecule has 1 heterocycles. The highest BCUT2D eigenvalue weighted by atomic mass is 32.2. The Morgan fingerprint density at radius 2 is 2.14 bits per heavy atom. The van der Waals surface area contributed by atoms with Crippen molar-refractivity contribution in [2.75, 3.05) is 11.6 Å². The lowest BCUT2D eigenvalue weighted by Crippen LogP contribution is -2.22. The van der Waals surface area contributed by atoms with Crippen LogP contribution in [-0.2, 0) is 4.79 Å². The van der Waals surface area contributed by atoms with Gasteiger partial charge in [0.05, 0.1) is 5.25 Å². The first-order valence-corrected chi connectivity index (χ1v) is 9.52.